The van der Waals surface area contributed by atoms with Crippen molar-refractivity contribution in [2.24, 2.45) is 5.73 Å². The Bertz CT molecular complexity index is 494. The monoisotopic (exact) mass is 258 g/mol. The molecule has 0 aromatic heterocycles. The lowest BCUT2D eigenvalue weighted by molar-refractivity contribution is 1.05. The summed E-state index contributed by atoms with van der Waals surface area (Å²) < 4.78 is 0. The van der Waals surface area contributed by atoms with Crippen LogP contribution in [0.2, 0.25) is 0 Å². The van der Waals surface area contributed by atoms with Crippen LogP contribution in [-0.4, -0.2) is 6.26 Å². The van der Waals surface area contributed by atoms with Crippen LogP contribution < -0.4 is 11.1 Å². The van der Waals surface area contributed by atoms with Crippen molar-refractivity contribution in [3.8, 4) is 0 Å². The first-order valence-corrected chi connectivity index (χ1v) is 7.20. The Kier molecular flexibility index (Phi) is 4.67. The number of hydrogen-bond acceptors (Lipinski definition) is 3. The van der Waals surface area contributed by atoms with E-state index in [1.807, 2.05) is 0 Å². The minimum atomic E-state index is 0.594. The lowest BCUT2D eigenvalue weighted by Crippen LogP contribution is -2.01. The molecule has 0 saturated heterocycles. The summed E-state index contributed by atoms with van der Waals surface area (Å²) >= 11 is 1.76. The zero-order valence-corrected chi connectivity index (χ0v) is 11.3. The zero-order valence-electron chi connectivity index (χ0n) is 10.5. The van der Waals surface area contributed by atoms with Crippen molar-refractivity contribution in [3.05, 3.63) is 59.7 Å². The first kappa shape index (κ1) is 13.0. The molecule has 0 fully saturated rings. The minimum Gasteiger partial charge on any atom is -0.381 e. The summed E-state index contributed by atoms with van der Waals surface area (Å²) in [5.41, 5.74) is 9.21. The molecule has 2 aromatic carbocycles. The van der Waals surface area contributed by atoms with Crippen LogP contribution in [0.15, 0.2) is 53.4 Å². The van der Waals surface area contributed by atoms with Crippen LogP contribution in [0.25, 0.3) is 0 Å². The van der Waals surface area contributed by atoms with E-state index in [0.717, 1.165) is 12.2 Å². The van der Waals surface area contributed by atoms with E-state index in [0.29, 0.717) is 6.54 Å². The number of thioether (sulfide) groups is 1. The van der Waals surface area contributed by atoms with Crippen molar-refractivity contribution in [1.82, 2.24) is 0 Å². The molecule has 18 heavy (non-hydrogen) atoms. The summed E-state index contributed by atoms with van der Waals surface area (Å²) in [5.74, 6) is 0. The normalized spacial score (nSPS) is 10.3. The number of rotatable bonds is 5. The number of hydrogen-bond donors (Lipinski definition) is 2. The van der Waals surface area contributed by atoms with Gasteiger partial charge in [0, 0.05) is 23.7 Å². The van der Waals surface area contributed by atoms with Gasteiger partial charge in [-0.15, -0.1) is 11.8 Å². The molecule has 0 amide bonds. The highest BCUT2D eigenvalue weighted by Crippen LogP contribution is 2.18. The minimum absolute atomic E-state index is 0.594. The van der Waals surface area contributed by atoms with Gasteiger partial charge >= 0.3 is 0 Å². The second kappa shape index (κ2) is 6.47. The number of benzene rings is 2. The van der Waals surface area contributed by atoms with Crippen molar-refractivity contribution >= 4 is 17.4 Å². The number of nitrogens with one attached hydrogen (secondary N) is 1. The van der Waals surface area contributed by atoms with Gasteiger partial charge in [0.15, 0.2) is 0 Å². The van der Waals surface area contributed by atoms with E-state index in [-0.39, 0.29) is 0 Å². The van der Waals surface area contributed by atoms with Crippen molar-refractivity contribution in [2.45, 2.75) is 18.0 Å². The van der Waals surface area contributed by atoms with Gasteiger partial charge in [-0.3, -0.25) is 0 Å². The molecule has 0 unspecified atom stereocenters. The fourth-order valence-corrected chi connectivity index (χ4v) is 2.19. The van der Waals surface area contributed by atoms with Crippen molar-refractivity contribution < 1.29 is 0 Å². The maximum absolute atomic E-state index is 5.64. The molecule has 2 nitrogen and oxygen atoms in total. The van der Waals surface area contributed by atoms with E-state index < -0.39 is 0 Å². The van der Waals surface area contributed by atoms with Crippen LogP contribution in [0.4, 0.5) is 5.69 Å². The van der Waals surface area contributed by atoms with Gasteiger partial charge in [0.2, 0.25) is 0 Å². The van der Waals surface area contributed by atoms with Crippen LogP contribution in [0.3, 0.4) is 0 Å². The van der Waals surface area contributed by atoms with E-state index in [1.165, 1.54) is 16.0 Å². The molecule has 0 radical (unpaired) electrons. The zero-order chi connectivity index (χ0) is 12.8. The third-order valence-electron chi connectivity index (χ3n) is 2.81. The van der Waals surface area contributed by atoms with Crippen LogP contribution in [0.5, 0.6) is 0 Å². The Morgan fingerprint density at radius 3 is 2.44 bits per heavy atom. The Balaban J connectivity index is 1.97. The number of nitrogens with two attached hydrogens (primary N) is 1. The molecule has 3 heteroatoms. The topological polar surface area (TPSA) is 38.0 Å². The summed E-state index contributed by atoms with van der Waals surface area (Å²) in [6, 6.07) is 16.8. The van der Waals surface area contributed by atoms with Gasteiger partial charge in [0.05, 0.1) is 0 Å². The second-order valence-corrected chi connectivity index (χ2v) is 4.99. The van der Waals surface area contributed by atoms with Gasteiger partial charge in [-0.25, -0.2) is 0 Å². The van der Waals surface area contributed by atoms with Crippen molar-refractivity contribution in [1.29, 1.82) is 0 Å². The van der Waals surface area contributed by atoms with Gasteiger partial charge in [-0.1, -0.05) is 24.3 Å². The summed E-state index contributed by atoms with van der Waals surface area (Å²) in [6.45, 7) is 1.42. The average Bonchev–Trinajstić information content (AvgIpc) is 2.46. The van der Waals surface area contributed by atoms with Gasteiger partial charge in [0.25, 0.3) is 0 Å². The molecule has 0 atom stereocenters. The summed E-state index contributed by atoms with van der Waals surface area (Å²) in [7, 11) is 0. The predicted octanol–water partition coefficient (Wildman–Crippen LogP) is 3.48. The first-order valence-electron chi connectivity index (χ1n) is 5.97. The fraction of sp³-hybridized carbons (Fsp3) is 0.200. The van der Waals surface area contributed by atoms with Gasteiger partial charge in [0.1, 0.15) is 0 Å². The number of anilines is 1. The Hall–Kier alpha value is -1.45. The van der Waals surface area contributed by atoms with Gasteiger partial charge in [-0.05, 0) is 41.6 Å². The second-order valence-electron chi connectivity index (χ2n) is 4.11. The van der Waals surface area contributed by atoms with E-state index in [2.05, 4.69) is 60.1 Å². The first-order chi connectivity index (χ1) is 8.81. The Morgan fingerprint density at radius 2 is 1.78 bits per heavy atom. The van der Waals surface area contributed by atoms with Crippen LogP contribution in [0, 0.1) is 0 Å². The molecular formula is C15H18N2S. The van der Waals surface area contributed by atoms with Gasteiger partial charge < -0.3 is 11.1 Å². The molecule has 0 aliphatic rings. The fourth-order valence-electron chi connectivity index (χ4n) is 1.78. The predicted molar refractivity (Wildman–Crippen MR) is 79.9 cm³/mol. The molecule has 0 aliphatic carbocycles. The molecule has 0 bridgehead atoms. The maximum atomic E-state index is 5.64. The molecule has 2 rings (SSSR count). The average molecular weight is 258 g/mol. The summed E-state index contributed by atoms with van der Waals surface area (Å²) in [4.78, 5) is 1.28. The summed E-state index contributed by atoms with van der Waals surface area (Å²) in [6.07, 6.45) is 2.08. The highest BCUT2D eigenvalue weighted by atomic mass is 32.2. The van der Waals surface area contributed by atoms with E-state index in [1.54, 1.807) is 11.8 Å². The lowest BCUT2D eigenvalue weighted by atomic mass is 10.1. The van der Waals surface area contributed by atoms with E-state index >= 15 is 0 Å². The van der Waals surface area contributed by atoms with Crippen molar-refractivity contribution in [2.75, 3.05) is 11.6 Å². The van der Waals surface area contributed by atoms with Crippen molar-refractivity contribution in [3.63, 3.8) is 0 Å². The molecule has 3 N–H and O–H groups in total. The maximum Gasteiger partial charge on any atom is 0.0400 e. The highest BCUT2D eigenvalue weighted by molar-refractivity contribution is 7.98. The smallest absolute Gasteiger partial charge is 0.0400 e. The van der Waals surface area contributed by atoms with Crippen LogP contribution in [-0.2, 0) is 13.1 Å². The Labute approximate surface area is 113 Å². The van der Waals surface area contributed by atoms with E-state index in [9.17, 15) is 0 Å². The SMILES string of the molecule is CSc1ccc(NCc2cccc(CN)c2)cc1. The van der Waals surface area contributed by atoms with E-state index in [4.69, 9.17) is 5.73 Å². The molecule has 2 aromatic rings. The van der Waals surface area contributed by atoms with Crippen LogP contribution >= 0.6 is 11.8 Å². The lowest BCUT2D eigenvalue weighted by Gasteiger charge is -2.08. The quantitative estimate of drug-likeness (QED) is 0.806. The third-order valence-corrected chi connectivity index (χ3v) is 3.56. The molecule has 94 valence electrons. The van der Waals surface area contributed by atoms with Gasteiger partial charge in [-0.2, -0.15) is 0 Å². The molecule has 0 aliphatic heterocycles. The molecule has 0 saturated carbocycles. The standard InChI is InChI=1S/C15H18N2S/c1-18-15-7-5-14(6-8-15)17-11-13-4-2-3-12(9-13)10-16/h2-9,17H,10-11,16H2,1H3. The highest BCUT2D eigenvalue weighted by Gasteiger charge is 1.96. The van der Waals surface area contributed by atoms with Crippen LogP contribution in [0.1, 0.15) is 11.1 Å². The molecule has 0 spiro atoms. The third kappa shape index (κ3) is 3.52. The molecule has 0 heterocycles. The summed E-state index contributed by atoms with van der Waals surface area (Å²) in [5, 5.41) is 3.41. The Morgan fingerprint density at radius 1 is 1.06 bits per heavy atom. The largest absolute Gasteiger partial charge is 0.381 e. The molecular weight excluding hydrogens is 240 g/mol.